The van der Waals surface area contributed by atoms with Crippen molar-refractivity contribution in [2.24, 2.45) is 0 Å². The minimum absolute atomic E-state index is 0.139. The van der Waals surface area contributed by atoms with Gasteiger partial charge in [-0.05, 0) is 55.8 Å². The number of nitrogens with zero attached hydrogens (tertiary/aromatic N) is 2. The van der Waals surface area contributed by atoms with E-state index in [2.05, 4.69) is 20.2 Å². The fourth-order valence-electron chi connectivity index (χ4n) is 3.99. The molecule has 0 atom stereocenters. The van der Waals surface area contributed by atoms with Gasteiger partial charge in [0.1, 0.15) is 5.56 Å². The Morgan fingerprint density at radius 2 is 1.80 bits per heavy atom. The van der Waals surface area contributed by atoms with Gasteiger partial charge < -0.3 is 10.3 Å². The summed E-state index contributed by atoms with van der Waals surface area (Å²) in [6, 6.07) is 13.3. The third kappa shape index (κ3) is 5.13. The smallest absolute Gasteiger partial charge is 0.261 e. The van der Waals surface area contributed by atoms with Gasteiger partial charge in [0.2, 0.25) is 0 Å². The van der Waals surface area contributed by atoms with Gasteiger partial charge in [-0.25, -0.2) is 0 Å². The predicted octanol–water partition coefficient (Wildman–Crippen LogP) is 3.62. The fourth-order valence-corrected chi connectivity index (χ4v) is 3.99. The number of aromatic amines is 1. The summed E-state index contributed by atoms with van der Waals surface area (Å²) < 4.78 is 0. The van der Waals surface area contributed by atoms with Gasteiger partial charge in [-0.3, -0.25) is 19.5 Å². The summed E-state index contributed by atoms with van der Waals surface area (Å²) in [5.41, 5.74) is 2.47. The van der Waals surface area contributed by atoms with Crippen LogP contribution >= 0.6 is 0 Å². The highest BCUT2D eigenvalue weighted by Crippen LogP contribution is 2.14. The van der Waals surface area contributed by atoms with Gasteiger partial charge in [0, 0.05) is 30.4 Å². The second-order valence-electron chi connectivity index (χ2n) is 7.99. The molecule has 0 unspecified atom stereocenters. The first-order valence-corrected chi connectivity index (χ1v) is 10.8. The largest absolute Gasteiger partial charge is 0.348 e. The zero-order valence-electron chi connectivity index (χ0n) is 17.2. The molecule has 0 aliphatic carbocycles. The van der Waals surface area contributed by atoms with Gasteiger partial charge in [0.25, 0.3) is 11.5 Å². The number of rotatable bonds is 5. The van der Waals surface area contributed by atoms with Crippen molar-refractivity contribution in [3.8, 4) is 0 Å². The van der Waals surface area contributed by atoms with Crippen molar-refractivity contribution >= 4 is 16.8 Å². The van der Waals surface area contributed by atoms with Gasteiger partial charge in [-0.15, -0.1) is 0 Å². The van der Waals surface area contributed by atoms with Gasteiger partial charge >= 0.3 is 0 Å². The van der Waals surface area contributed by atoms with Crippen LogP contribution in [-0.4, -0.2) is 33.9 Å². The Labute approximate surface area is 176 Å². The van der Waals surface area contributed by atoms with Crippen molar-refractivity contribution in [3.05, 3.63) is 75.8 Å². The lowest BCUT2D eigenvalue weighted by Gasteiger charge is -2.24. The van der Waals surface area contributed by atoms with E-state index in [0.717, 1.165) is 41.8 Å². The average Bonchev–Trinajstić information content (AvgIpc) is 2.74. The number of hydrogen-bond acceptors (Lipinski definition) is 4. The van der Waals surface area contributed by atoms with Crippen molar-refractivity contribution in [2.75, 3.05) is 13.1 Å². The molecule has 3 aromatic rings. The summed E-state index contributed by atoms with van der Waals surface area (Å²) in [5, 5.41) is 3.85. The second kappa shape index (κ2) is 9.67. The van der Waals surface area contributed by atoms with E-state index in [4.69, 9.17) is 0 Å². The summed E-state index contributed by atoms with van der Waals surface area (Å²) in [7, 11) is 0. The first-order chi connectivity index (χ1) is 14.7. The first kappa shape index (κ1) is 20.3. The van der Waals surface area contributed by atoms with E-state index in [1.165, 1.54) is 32.1 Å². The lowest BCUT2D eigenvalue weighted by Crippen LogP contribution is -2.31. The molecular formula is C24H28N4O2. The van der Waals surface area contributed by atoms with Crippen molar-refractivity contribution in [1.82, 2.24) is 20.2 Å². The monoisotopic (exact) mass is 404 g/mol. The molecule has 3 heterocycles. The number of pyridine rings is 2. The molecule has 0 radical (unpaired) electrons. The zero-order chi connectivity index (χ0) is 20.8. The van der Waals surface area contributed by atoms with Crippen molar-refractivity contribution in [3.63, 3.8) is 0 Å². The van der Waals surface area contributed by atoms with Crippen LogP contribution in [0.3, 0.4) is 0 Å². The zero-order valence-corrected chi connectivity index (χ0v) is 17.2. The Hall–Kier alpha value is -2.99. The van der Waals surface area contributed by atoms with Crippen LogP contribution in [0.5, 0.6) is 0 Å². The second-order valence-corrected chi connectivity index (χ2v) is 7.99. The molecule has 2 aromatic heterocycles. The minimum Gasteiger partial charge on any atom is -0.348 e. The summed E-state index contributed by atoms with van der Waals surface area (Å²) >= 11 is 0. The molecule has 1 aliphatic heterocycles. The highest BCUT2D eigenvalue weighted by atomic mass is 16.2. The number of aromatic nitrogens is 2. The van der Waals surface area contributed by atoms with Crippen molar-refractivity contribution in [2.45, 2.75) is 45.2 Å². The lowest BCUT2D eigenvalue weighted by molar-refractivity contribution is 0.0949. The maximum Gasteiger partial charge on any atom is 0.261 e. The van der Waals surface area contributed by atoms with Crippen LogP contribution in [-0.2, 0) is 13.1 Å². The van der Waals surface area contributed by atoms with E-state index in [1.807, 2.05) is 36.4 Å². The molecule has 6 heteroatoms. The van der Waals surface area contributed by atoms with E-state index < -0.39 is 0 Å². The number of carbonyl (C=O) groups excluding carboxylic acids is 1. The van der Waals surface area contributed by atoms with Crippen molar-refractivity contribution in [1.29, 1.82) is 0 Å². The number of hydrogen-bond donors (Lipinski definition) is 2. The first-order valence-electron chi connectivity index (χ1n) is 10.8. The van der Waals surface area contributed by atoms with Crippen LogP contribution in [0, 0.1) is 0 Å². The standard InChI is InChI=1S/C24H28N4O2/c29-23(26-16-18-14-19-8-4-5-9-22(19)25-15-18)21-11-10-20(27-24(21)30)17-28-12-6-2-1-3-7-13-28/h4-5,8-11,14-15H,1-3,6-7,12-13,16-17H2,(H,26,29)(H,27,30). The van der Waals surface area contributed by atoms with Crippen LogP contribution in [0.25, 0.3) is 10.9 Å². The average molecular weight is 405 g/mol. The fraction of sp³-hybridized carbons (Fsp3) is 0.375. The molecule has 2 N–H and O–H groups in total. The molecule has 1 aromatic carbocycles. The molecule has 1 fully saturated rings. The Morgan fingerprint density at radius 1 is 1.03 bits per heavy atom. The van der Waals surface area contributed by atoms with Crippen LogP contribution in [0.15, 0.2) is 53.5 Å². The van der Waals surface area contributed by atoms with E-state index in [-0.39, 0.29) is 17.0 Å². The third-order valence-corrected chi connectivity index (χ3v) is 5.66. The normalized spacial score (nSPS) is 15.5. The number of fused-ring (bicyclic) bond motifs is 1. The summed E-state index contributed by atoms with van der Waals surface area (Å²) in [4.78, 5) is 34.7. The number of nitrogens with one attached hydrogen (secondary N) is 2. The molecule has 1 saturated heterocycles. The Morgan fingerprint density at radius 3 is 2.60 bits per heavy atom. The van der Waals surface area contributed by atoms with E-state index in [1.54, 1.807) is 12.3 Å². The summed E-state index contributed by atoms with van der Waals surface area (Å²) in [6.45, 7) is 3.17. The Bertz CT molecular complexity index is 1070. The molecule has 1 aliphatic rings. The number of benzene rings is 1. The minimum atomic E-state index is -0.373. The third-order valence-electron chi connectivity index (χ3n) is 5.66. The summed E-state index contributed by atoms with van der Waals surface area (Å²) in [6.07, 6.45) is 8.03. The van der Waals surface area contributed by atoms with E-state index >= 15 is 0 Å². The van der Waals surface area contributed by atoms with E-state index in [0.29, 0.717) is 6.54 Å². The van der Waals surface area contributed by atoms with Crippen LogP contribution in [0.4, 0.5) is 0 Å². The van der Waals surface area contributed by atoms with Crippen LogP contribution < -0.4 is 10.9 Å². The lowest BCUT2D eigenvalue weighted by atomic mass is 10.1. The number of carbonyl (C=O) groups is 1. The summed E-state index contributed by atoms with van der Waals surface area (Å²) in [5.74, 6) is -0.373. The Kier molecular flexibility index (Phi) is 6.54. The molecule has 30 heavy (non-hydrogen) atoms. The van der Waals surface area contributed by atoms with Gasteiger partial charge in [-0.2, -0.15) is 0 Å². The maximum absolute atomic E-state index is 12.5. The number of amides is 1. The van der Waals surface area contributed by atoms with Gasteiger partial charge in [0.05, 0.1) is 5.52 Å². The number of para-hydroxylation sites is 1. The van der Waals surface area contributed by atoms with Crippen LogP contribution in [0.2, 0.25) is 0 Å². The van der Waals surface area contributed by atoms with Gasteiger partial charge in [0.15, 0.2) is 0 Å². The molecule has 0 bridgehead atoms. The molecular weight excluding hydrogens is 376 g/mol. The SMILES string of the molecule is O=C(NCc1cnc2ccccc2c1)c1ccc(CN2CCCCCCC2)[nH]c1=O. The van der Waals surface area contributed by atoms with Gasteiger partial charge in [-0.1, -0.05) is 37.5 Å². The topological polar surface area (TPSA) is 78.1 Å². The highest BCUT2D eigenvalue weighted by Gasteiger charge is 2.13. The molecule has 4 rings (SSSR count). The van der Waals surface area contributed by atoms with E-state index in [9.17, 15) is 9.59 Å². The number of likely N-dealkylation sites (tertiary alicyclic amines) is 1. The van der Waals surface area contributed by atoms with Crippen LogP contribution in [0.1, 0.15) is 53.7 Å². The van der Waals surface area contributed by atoms with Crippen molar-refractivity contribution < 1.29 is 4.79 Å². The molecule has 6 nitrogen and oxygen atoms in total. The predicted molar refractivity (Wildman–Crippen MR) is 118 cm³/mol. The number of H-pyrrole nitrogens is 1. The molecule has 1 amide bonds. The Balaban J connectivity index is 1.38. The maximum atomic E-state index is 12.5. The molecule has 0 saturated carbocycles. The highest BCUT2D eigenvalue weighted by molar-refractivity contribution is 5.93. The quantitative estimate of drug-likeness (QED) is 0.681. The molecule has 0 spiro atoms. The molecule has 156 valence electrons.